The molecule has 1 fully saturated rings. The van der Waals surface area contributed by atoms with E-state index in [0.29, 0.717) is 70.7 Å². The maximum absolute atomic E-state index is 14.1. The first-order chi connectivity index (χ1) is 22.1. The van der Waals surface area contributed by atoms with Crippen molar-refractivity contribution in [1.29, 1.82) is 0 Å². The maximum Gasteiger partial charge on any atom is 0.308 e. The molecule has 11 heteroatoms. The zero-order chi connectivity index (χ0) is 33.2. The molecule has 3 aromatic carbocycles. The van der Waals surface area contributed by atoms with Crippen LogP contribution in [-0.2, 0) is 27.3 Å². The van der Waals surface area contributed by atoms with Gasteiger partial charge in [0, 0.05) is 19.1 Å². The summed E-state index contributed by atoms with van der Waals surface area (Å²) >= 11 is 25.3. The first-order valence-electron chi connectivity index (χ1n) is 15.4. The van der Waals surface area contributed by atoms with Crippen LogP contribution >= 0.6 is 46.4 Å². The molecule has 1 amide bonds. The Hall–Kier alpha value is -2.68. The summed E-state index contributed by atoms with van der Waals surface area (Å²) in [5.74, 6) is 0.359. The van der Waals surface area contributed by atoms with Crippen molar-refractivity contribution >= 4 is 58.3 Å². The lowest BCUT2D eigenvalue weighted by atomic mass is 9.96. The number of ether oxygens (including phenoxy) is 3. The Morgan fingerprint density at radius 3 is 2.28 bits per heavy atom. The Labute approximate surface area is 291 Å². The molecule has 0 saturated heterocycles. The molecule has 1 N–H and O–H groups in total. The minimum absolute atomic E-state index is 0.0537. The van der Waals surface area contributed by atoms with E-state index in [-0.39, 0.29) is 36.4 Å². The molecule has 1 saturated carbocycles. The topological polar surface area (TPSA) is 77.1 Å². The number of nitrogens with zero attached hydrogens (tertiary/aromatic N) is 1. The monoisotopic (exact) mass is 708 g/mol. The van der Waals surface area contributed by atoms with Crippen molar-refractivity contribution in [2.24, 2.45) is 11.8 Å². The lowest BCUT2D eigenvalue weighted by molar-refractivity contribution is -0.145. The quantitative estimate of drug-likeness (QED) is 0.113. The number of benzene rings is 3. The van der Waals surface area contributed by atoms with E-state index in [1.54, 1.807) is 18.2 Å². The summed E-state index contributed by atoms with van der Waals surface area (Å²) in [5.41, 5.74) is 2.78. The molecule has 7 nitrogen and oxygen atoms in total. The number of methoxy groups -OCH3 is 1. The molecule has 1 aliphatic carbocycles. The summed E-state index contributed by atoms with van der Waals surface area (Å²) in [4.78, 5) is 27.9. The third-order valence-corrected chi connectivity index (χ3v) is 9.31. The zero-order valence-electron chi connectivity index (χ0n) is 26.3. The van der Waals surface area contributed by atoms with Gasteiger partial charge < -0.3 is 24.4 Å². The fourth-order valence-corrected chi connectivity index (χ4v) is 6.24. The molecule has 0 heterocycles. The summed E-state index contributed by atoms with van der Waals surface area (Å²) in [6, 6.07) is 17.0. The number of amides is 1. The molecule has 0 radical (unpaired) electrons. The molecule has 4 rings (SSSR count). The van der Waals surface area contributed by atoms with Gasteiger partial charge in [-0.15, -0.1) is 0 Å². The van der Waals surface area contributed by atoms with Gasteiger partial charge in [0.05, 0.1) is 39.0 Å². The van der Waals surface area contributed by atoms with Crippen LogP contribution in [0.1, 0.15) is 42.9 Å². The lowest BCUT2D eigenvalue weighted by Gasteiger charge is -2.28. The predicted octanol–water partition coefficient (Wildman–Crippen LogP) is 8.21. The van der Waals surface area contributed by atoms with Gasteiger partial charge in [-0.2, -0.15) is 0 Å². The van der Waals surface area contributed by atoms with E-state index in [2.05, 4.69) is 5.32 Å². The van der Waals surface area contributed by atoms with Crippen LogP contribution in [-0.4, -0.2) is 56.2 Å². The lowest BCUT2D eigenvalue weighted by Crippen LogP contribution is -2.42. The molecule has 46 heavy (non-hydrogen) atoms. The molecule has 0 spiro atoms. The van der Waals surface area contributed by atoms with Gasteiger partial charge in [-0.3, -0.25) is 9.59 Å². The second kappa shape index (κ2) is 17.5. The molecule has 3 aromatic rings. The molecule has 248 valence electrons. The summed E-state index contributed by atoms with van der Waals surface area (Å²) in [6.45, 7) is 5.76. The highest BCUT2D eigenvalue weighted by atomic mass is 35.5. The van der Waals surface area contributed by atoms with E-state index >= 15 is 0 Å². The average Bonchev–Trinajstić information content (AvgIpc) is 3.87. The molecule has 0 aliphatic heterocycles. The van der Waals surface area contributed by atoms with E-state index in [0.717, 1.165) is 29.5 Å². The van der Waals surface area contributed by atoms with Gasteiger partial charge in [0.25, 0.3) is 0 Å². The zero-order valence-corrected chi connectivity index (χ0v) is 29.3. The van der Waals surface area contributed by atoms with Crippen LogP contribution in [0.2, 0.25) is 20.1 Å². The number of carbonyl (C=O) groups excluding carboxylic acids is 2. The highest BCUT2D eigenvalue weighted by molar-refractivity contribution is 6.42. The Balaban J connectivity index is 1.39. The van der Waals surface area contributed by atoms with Gasteiger partial charge >= 0.3 is 5.97 Å². The van der Waals surface area contributed by atoms with Gasteiger partial charge in [-0.05, 0) is 86.2 Å². The number of hydrogen-bond donors (Lipinski definition) is 1. The molecular formula is C35H40Cl4N2O5. The molecular weight excluding hydrogens is 670 g/mol. The summed E-state index contributed by atoms with van der Waals surface area (Å²) in [6.07, 6.45) is 3.05. The highest BCUT2D eigenvalue weighted by Crippen LogP contribution is 2.35. The van der Waals surface area contributed by atoms with Crippen LogP contribution in [0.25, 0.3) is 0 Å². The Morgan fingerprint density at radius 1 is 0.957 bits per heavy atom. The first kappa shape index (κ1) is 36.2. The van der Waals surface area contributed by atoms with Crippen molar-refractivity contribution in [3.05, 3.63) is 91.4 Å². The van der Waals surface area contributed by atoms with E-state index in [4.69, 9.17) is 60.6 Å². The smallest absolute Gasteiger partial charge is 0.308 e. The number of halogens is 4. The van der Waals surface area contributed by atoms with Crippen LogP contribution in [0, 0.1) is 18.8 Å². The van der Waals surface area contributed by atoms with E-state index in [1.165, 1.54) is 7.11 Å². The summed E-state index contributed by atoms with van der Waals surface area (Å²) < 4.78 is 16.5. The van der Waals surface area contributed by atoms with Crippen molar-refractivity contribution in [2.75, 3.05) is 33.4 Å². The SMILES string of the molecule is COC(=O)C(C)CCNCC(Cc1ccc(OCCOc2c(Cl)cc(C)cc2Cl)cc1)C(=O)N(Cc1cccc(Cl)c1Cl)C1CC1. The highest BCUT2D eigenvalue weighted by Gasteiger charge is 2.36. The van der Waals surface area contributed by atoms with Gasteiger partial charge in [-0.1, -0.05) is 77.6 Å². The first-order valence-corrected chi connectivity index (χ1v) is 16.9. The van der Waals surface area contributed by atoms with Crippen LogP contribution in [0.4, 0.5) is 0 Å². The van der Waals surface area contributed by atoms with Crippen molar-refractivity contribution < 1.29 is 23.8 Å². The standard InChI is InChI=1S/C35H40Cl4N2O5/c1-22-17-30(37)33(31(38)18-22)46-16-15-45-28-11-7-24(8-12-28)19-26(20-40-14-13-23(2)35(43)44-3)34(42)41(27-9-10-27)21-25-5-4-6-29(36)32(25)39/h4-8,11-12,17-18,23,26-27,40H,9-10,13-16,19-21H2,1-3H3. The fraction of sp³-hybridized carbons (Fsp3) is 0.429. The third kappa shape index (κ3) is 10.4. The number of nitrogens with one attached hydrogen (secondary N) is 1. The van der Waals surface area contributed by atoms with Gasteiger partial charge in [0.15, 0.2) is 5.75 Å². The molecule has 2 atom stereocenters. The minimum Gasteiger partial charge on any atom is -0.490 e. The van der Waals surface area contributed by atoms with Crippen molar-refractivity contribution in [1.82, 2.24) is 10.2 Å². The second-order valence-corrected chi connectivity index (χ2v) is 13.2. The molecule has 0 aromatic heterocycles. The predicted molar refractivity (Wildman–Crippen MR) is 185 cm³/mol. The van der Waals surface area contributed by atoms with Gasteiger partial charge in [-0.25, -0.2) is 0 Å². The normalized spacial score (nSPS) is 14.0. The van der Waals surface area contributed by atoms with Crippen LogP contribution in [0.5, 0.6) is 11.5 Å². The van der Waals surface area contributed by atoms with Crippen molar-refractivity contribution in [3.63, 3.8) is 0 Å². The number of carbonyl (C=O) groups is 2. The maximum atomic E-state index is 14.1. The summed E-state index contributed by atoms with van der Waals surface area (Å²) in [5, 5.41) is 5.27. The number of aryl methyl sites for hydroxylation is 1. The van der Waals surface area contributed by atoms with Crippen LogP contribution in [0.15, 0.2) is 54.6 Å². The second-order valence-electron chi connectivity index (χ2n) is 11.6. The molecule has 2 unspecified atom stereocenters. The Morgan fingerprint density at radius 2 is 1.63 bits per heavy atom. The van der Waals surface area contributed by atoms with Crippen molar-refractivity contribution in [2.45, 2.75) is 52.1 Å². The Bertz CT molecular complexity index is 1460. The molecule has 1 aliphatic rings. The summed E-state index contributed by atoms with van der Waals surface area (Å²) in [7, 11) is 1.39. The number of rotatable bonds is 17. The largest absolute Gasteiger partial charge is 0.490 e. The fourth-order valence-electron chi connectivity index (χ4n) is 5.16. The minimum atomic E-state index is -0.337. The third-order valence-electron chi connectivity index (χ3n) is 7.89. The van der Waals surface area contributed by atoms with E-state index in [9.17, 15) is 9.59 Å². The number of hydrogen-bond acceptors (Lipinski definition) is 6. The number of esters is 1. The van der Waals surface area contributed by atoms with Gasteiger partial charge in [0.1, 0.15) is 19.0 Å². The molecule has 0 bridgehead atoms. The van der Waals surface area contributed by atoms with Crippen molar-refractivity contribution in [3.8, 4) is 11.5 Å². The van der Waals surface area contributed by atoms with E-state index in [1.807, 2.05) is 55.1 Å². The average molecular weight is 711 g/mol. The Kier molecular flexibility index (Phi) is 13.7. The van der Waals surface area contributed by atoms with Crippen LogP contribution < -0.4 is 14.8 Å². The van der Waals surface area contributed by atoms with Crippen LogP contribution in [0.3, 0.4) is 0 Å². The van der Waals surface area contributed by atoms with E-state index < -0.39 is 0 Å². The van der Waals surface area contributed by atoms with Gasteiger partial charge in [0.2, 0.25) is 5.91 Å².